The molecule has 22 heavy (non-hydrogen) atoms. The minimum atomic E-state index is 0. The second-order valence-corrected chi connectivity index (χ2v) is 5.71. The van der Waals surface area contributed by atoms with Crippen LogP contribution in [0.2, 0.25) is 0 Å². The van der Waals surface area contributed by atoms with E-state index in [0.29, 0.717) is 12.6 Å². The standard InChI is InChI=1S/C16H27N5.HI/c1-4-17-16(20-13(2)3)19-12-14-7-8-15(18-11-14)21-9-5-6-10-21;/h7-8,11,13H,4-6,9-10,12H2,1-3H3,(H2,17,19,20);1H. The fraction of sp³-hybridized carbons (Fsp3) is 0.625. The van der Waals surface area contributed by atoms with Gasteiger partial charge in [-0.2, -0.15) is 0 Å². The number of hydrogen-bond donors (Lipinski definition) is 2. The van der Waals surface area contributed by atoms with Gasteiger partial charge in [0.05, 0.1) is 6.54 Å². The monoisotopic (exact) mass is 417 g/mol. The van der Waals surface area contributed by atoms with Gasteiger partial charge in [-0.1, -0.05) is 6.07 Å². The average molecular weight is 417 g/mol. The Bertz CT molecular complexity index is 452. The van der Waals surface area contributed by atoms with Gasteiger partial charge in [0.2, 0.25) is 0 Å². The van der Waals surface area contributed by atoms with Gasteiger partial charge in [-0.05, 0) is 45.2 Å². The summed E-state index contributed by atoms with van der Waals surface area (Å²) in [5.74, 6) is 1.95. The van der Waals surface area contributed by atoms with E-state index in [1.54, 1.807) is 0 Å². The summed E-state index contributed by atoms with van der Waals surface area (Å²) in [5, 5.41) is 6.57. The molecule has 2 heterocycles. The topological polar surface area (TPSA) is 52.6 Å². The number of aliphatic imine (C=N–C) groups is 1. The van der Waals surface area contributed by atoms with Crippen LogP contribution in [0.1, 0.15) is 39.2 Å². The van der Waals surface area contributed by atoms with E-state index in [-0.39, 0.29) is 24.0 Å². The van der Waals surface area contributed by atoms with E-state index in [1.165, 1.54) is 12.8 Å². The van der Waals surface area contributed by atoms with Crippen LogP contribution in [0.5, 0.6) is 0 Å². The molecule has 0 aromatic carbocycles. The molecular weight excluding hydrogens is 389 g/mol. The van der Waals surface area contributed by atoms with E-state index in [1.807, 2.05) is 6.20 Å². The van der Waals surface area contributed by atoms with Crippen molar-refractivity contribution in [2.45, 2.75) is 46.2 Å². The first kappa shape index (κ1) is 19.0. The quantitative estimate of drug-likeness (QED) is 0.440. The summed E-state index contributed by atoms with van der Waals surface area (Å²) < 4.78 is 0. The number of nitrogens with zero attached hydrogens (tertiary/aromatic N) is 3. The minimum absolute atomic E-state index is 0. The Kier molecular flexibility index (Phi) is 8.52. The zero-order valence-corrected chi connectivity index (χ0v) is 16.1. The van der Waals surface area contributed by atoms with Crippen molar-refractivity contribution in [3.05, 3.63) is 23.9 Å². The van der Waals surface area contributed by atoms with Crippen LogP contribution in [-0.2, 0) is 6.54 Å². The Labute approximate surface area is 151 Å². The summed E-state index contributed by atoms with van der Waals surface area (Å²) in [7, 11) is 0. The van der Waals surface area contributed by atoms with E-state index in [0.717, 1.165) is 37.0 Å². The smallest absolute Gasteiger partial charge is 0.191 e. The Morgan fingerprint density at radius 3 is 2.59 bits per heavy atom. The summed E-state index contributed by atoms with van der Waals surface area (Å²) in [6, 6.07) is 4.61. The molecule has 0 atom stereocenters. The lowest BCUT2D eigenvalue weighted by Crippen LogP contribution is -2.41. The molecule has 1 aliphatic heterocycles. The van der Waals surface area contributed by atoms with Crippen molar-refractivity contribution in [3.8, 4) is 0 Å². The first-order valence-corrected chi connectivity index (χ1v) is 7.93. The van der Waals surface area contributed by atoms with Crippen LogP contribution in [0.3, 0.4) is 0 Å². The second-order valence-electron chi connectivity index (χ2n) is 5.71. The molecule has 0 unspecified atom stereocenters. The maximum atomic E-state index is 4.59. The highest BCUT2D eigenvalue weighted by Gasteiger charge is 2.12. The van der Waals surface area contributed by atoms with Crippen molar-refractivity contribution in [1.29, 1.82) is 0 Å². The number of rotatable bonds is 5. The highest BCUT2D eigenvalue weighted by atomic mass is 127. The maximum absolute atomic E-state index is 4.59. The Morgan fingerprint density at radius 1 is 1.32 bits per heavy atom. The predicted octanol–water partition coefficient (Wildman–Crippen LogP) is 2.76. The van der Waals surface area contributed by atoms with Gasteiger partial charge in [-0.3, -0.25) is 0 Å². The molecule has 6 heteroatoms. The third-order valence-electron chi connectivity index (χ3n) is 3.43. The van der Waals surface area contributed by atoms with Gasteiger partial charge in [-0.15, -0.1) is 24.0 Å². The van der Waals surface area contributed by atoms with Gasteiger partial charge >= 0.3 is 0 Å². The number of guanidine groups is 1. The Balaban J connectivity index is 0.00000242. The first-order chi connectivity index (χ1) is 10.2. The molecule has 5 nitrogen and oxygen atoms in total. The third-order valence-corrected chi connectivity index (χ3v) is 3.43. The molecular formula is C16H28IN5. The van der Waals surface area contributed by atoms with Crippen LogP contribution in [0.25, 0.3) is 0 Å². The summed E-state index contributed by atoms with van der Waals surface area (Å²) in [4.78, 5) is 11.5. The Morgan fingerprint density at radius 2 is 2.05 bits per heavy atom. The van der Waals surface area contributed by atoms with Crippen LogP contribution in [0, 0.1) is 0 Å². The van der Waals surface area contributed by atoms with Gasteiger partial charge in [0.1, 0.15) is 5.82 Å². The SMILES string of the molecule is CCNC(=NCc1ccc(N2CCCC2)nc1)NC(C)C.I. The molecule has 2 rings (SSSR count). The molecule has 0 spiro atoms. The summed E-state index contributed by atoms with van der Waals surface area (Å²) in [6.07, 6.45) is 4.50. The largest absolute Gasteiger partial charge is 0.357 e. The van der Waals surface area contributed by atoms with E-state index in [9.17, 15) is 0 Å². The molecule has 1 saturated heterocycles. The molecule has 124 valence electrons. The van der Waals surface area contributed by atoms with Crippen molar-refractivity contribution >= 4 is 35.8 Å². The highest BCUT2D eigenvalue weighted by molar-refractivity contribution is 14.0. The van der Waals surface area contributed by atoms with Gasteiger partial charge < -0.3 is 15.5 Å². The number of nitrogens with one attached hydrogen (secondary N) is 2. The van der Waals surface area contributed by atoms with Crippen LogP contribution in [0.15, 0.2) is 23.3 Å². The van der Waals surface area contributed by atoms with Gasteiger partial charge in [0.25, 0.3) is 0 Å². The minimum Gasteiger partial charge on any atom is -0.357 e. The van der Waals surface area contributed by atoms with Gasteiger partial charge in [-0.25, -0.2) is 9.98 Å². The third kappa shape index (κ3) is 5.98. The van der Waals surface area contributed by atoms with Crippen LogP contribution in [-0.4, -0.2) is 36.6 Å². The van der Waals surface area contributed by atoms with Crippen LogP contribution in [0.4, 0.5) is 5.82 Å². The number of hydrogen-bond acceptors (Lipinski definition) is 3. The number of anilines is 1. The van der Waals surface area contributed by atoms with Crippen molar-refractivity contribution < 1.29 is 0 Å². The van der Waals surface area contributed by atoms with E-state index >= 15 is 0 Å². The zero-order chi connectivity index (χ0) is 15.1. The second kappa shape index (κ2) is 9.86. The number of halogens is 1. The molecule has 0 aliphatic carbocycles. The molecule has 0 bridgehead atoms. The fourth-order valence-corrected chi connectivity index (χ4v) is 2.41. The van der Waals surface area contributed by atoms with Crippen molar-refractivity contribution in [2.24, 2.45) is 4.99 Å². The molecule has 0 amide bonds. The zero-order valence-electron chi connectivity index (χ0n) is 13.8. The van der Waals surface area contributed by atoms with Crippen molar-refractivity contribution in [2.75, 3.05) is 24.5 Å². The summed E-state index contributed by atoms with van der Waals surface area (Å²) in [5.41, 5.74) is 1.14. The van der Waals surface area contributed by atoms with Crippen LogP contribution < -0.4 is 15.5 Å². The molecule has 1 aliphatic rings. The maximum Gasteiger partial charge on any atom is 0.191 e. The van der Waals surface area contributed by atoms with E-state index in [4.69, 9.17) is 0 Å². The number of pyridine rings is 1. The van der Waals surface area contributed by atoms with E-state index in [2.05, 4.69) is 58.4 Å². The molecule has 0 radical (unpaired) electrons. The summed E-state index contributed by atoms with van der Waals surface area (Å²) in [6.45, 7) is 10.1. The molecule has 1 aromatic rings. The Hall–Kier alpha value is -1.05. The first-order valence-electron chi connectivity index (χ1n) is 7.93. The molecule has 1 aromatic heterocycles. The lowest BCUT2D eigenvalue weighted by Gasteiger charge is -2.16. The normalized spacial score (nSPS) is 14.9. The highest BCUT2D eigenvalue weighted by Crippen LogP contribution is 2.17. The van der Waals surface area contributed by atoms with E-state index < -0.39 is 0 Å². The predicted molar refractivity (Wildman–Crippen MR) is 104 cm³/mol. The van der Waals surface area contributed by atoms with Crippen molar-refractivity contribution in [1.82, 2.24) is 15.6 Å². The lowest BCUT2D eigenvalue weighted by molar-refractivity contribution is 0.700. The molecule has 2 N–H and O–H groups in total. The average Bonchev–Trinajstić information content (AvgIpc) is 2.99. The fourth-order valence-electron chi connectivity index (χ4n) is 2.41. The summed E-state index contributed by atoms with van der Waals surface area (Å²) >= 11 is 0. The van der Waals surface area contributed by atoms with Crippen LogP contribution >= 0.6 is 24.0 Å². The number of aromatic nitrogens is 1. The van der Waals surface area contributed by atoms with Crippen molar-refractivity contribution in [3.63, 3.8) is 0 Å². The molecule has 1 fully saturated rings. The van der Waals surface area contributed by atoms with Gasteiger partial charge in [0.15, 0.2) is 5.96 Å². The lowest BCUT2D eigenvalue weighted by atomic mass is 10.3. The molecule has 0 saturated carbocycles. The van der Waals surface area contributed by atoms with Gasteiger partial charge in [0, 0.05) is 31.9 Å².